The molecule has 0 unspecified atom stereocenters. The summed E-state index contributed by atoms with van der Waals surface area (Å²) in [6, 6.07) is 3.65. The number of hydrogen-bond acceptors (Lipinski definition) is 2. The zero-order valence-electron chi connectivity index (χ0n) is 4.02. The van der Waals surface area contributed by atoms with E-state index in [0.717, 1.165) is 0 Å². The third kappa shape index (κ3) is 3.84. The van der Waals surface area contributed by atoms with Crippen LogP contribution in [0, 0.1) is 0 Å². The van der Waals surface area contributed by atoms with Crippen molar-refractivity contribution in [1.29, 1.82) is 0 Å². The highest BCUT2D eigenvalue weighted by atomic mass is 35.5. The molecule has 1 aromatic rings. The summed E-state index contributed by atoms with van der Waals surface area (Å²) in [5.74, 6) is 0. The first-order chi connectivity index (χ1) is 3.00. The Morgan fingerprint density at radius 3 is 1.25 bits per heavy atom. The Hall–Kier alpha value is -0.340. The van der Waals surface area contributed by atoms with Crippen LogP contribution < -0.4 is 0 Å². The van der Waals surface area contributed by atoms with Gasteiger partial charge in [-0.15, -0.1) is 24.8 Å². The molecular weight excluding hydrogens is 147 g/mol. The van der Waals surface area contributed by atoms with Crippen molar-refractivity contribution in [2.45, 2.75) is 0 Å². The average molecular weight is 153 g/mol. The lowest BCUT2D eigenvalue weighted by Crippen LogP contribution is -1.69. The molecule has 2 nitrogen and oxygen atoms in total. The van der Waals surface area contributed by atoms with Gasteiger partial charge >= 0.3 is 0 Å². The predicted octanol–water partition coefficient (Wildman–Crippen LogP) is 1.32. The maximum Gasteiger partial charge on any atom is 0.0496 e. The summed E-state index contributed by atoms with van der Waals surface area (Å²) in [5, 5.41) is 7.07. The molecule has 4 heteroatoms. The summed E-state index contributed by atoms with van der Waals surface area (Å²) in [4.78, 5) is 0. The highest BCUT2D eigenvalue weighted by Gasteiger charge is 1.59. The fraction of sp³-hybridized carbons (Fsp3) is 0. The van der Waals surface area contributed by atoms with Gasteiger partial charge in [0, 0.05) is 12.4 Å². The SMILES string of the molecule is Cl.Cl.c1ccnnc1. The zero-order chi connectivity index (χ0) is 4.24. The van der Waals surface area contributed by atoms with Crippen LogP contribution in [0.3, 0.4) is 0 Å². The van der Waals surface area contributed by atoms with E-state index in [1.165, 1.54) is 0 Å². The van der Waals surface area contributed by atoms with Crippen molar-refractivity contribution in [2.24, 2.45) is 0 Å². The molecule has 0 bridgehead atoms. The van der Waals surface area contributed by atoms with Gasteiger partial charge in [-0.25, -0.2) is 0 Å². The molecule has 0 N–H and O–H groups in total. The zero-order valence-corrected chi connectivity index (χ0v) is 5.65. The van der Waals surface area contributed by atoms with Gasteiger partial charge < -0.3 is 0 Å². The van der Waals surface area contributed by atoms with E-state index in [0.29, 0.717) is 0 Å². The van der Waals surface area contributed by atoms with Gasteiger partial charge in [0.15, 0.2) is 0 Å². The smallest absolute Gasteiger partial charge is 0.0496 e. The van der Waals surface area contributed by atoms with E-state index < -0.39 is 0 Å². The summed E-state index contributed by atoms with van der Waals surface area (Å²) in [5.41, 5.74) is 0. The van der Waals surface area contributed by atoms with Gasteiger partial charge in [-0.2, -0.15) is 10.2 Å². The molecule has 0 aromatic carbocycles. The molecular formula is C4H6Cl2N2. The summed E-state index contributed by atoms with van der Waals surface area (Å²) in [6.45, 7) is 0. The maximum absolute atomic E-state index is 3.53. The van der Waals surface area contributed by atoms with Crippen molar-refractivity contribution in [3.8, 4) is 0 Å². The standard InChI is InChI=1S/C4H4N2.2ClH/c1-2-4-6-5-3-1;;/h1-4H;2*1H. The second-order valence-electron chi connectivity index (χ2n) is 0.914. The van der Waals surface area contributed by atoms with Gasteiger partial charge in [0.05, 0.1) is 0 Å². The first-order valence-corrected chi connectivity index (χ1v) is 1.72. The molecule has 1 heterocycles. The number of hydrogen-bond donors (Lipinski definition) is 0. The molecule has 1 aromatic heterocycles. The fourth-order valence-corrected chi connectivity index (χ4v) is 0.253. The van der Waals surface area contributed by atoms with Gasteiger partial charge in [-0.1, -0.05) is 0 Å². The minimum Gasteiger partial charge on any atom is -0.159 e. The molecule has 0 amide bonds. The third-order valence-corrected chi connectivity index (χ3v) is 0.483. The first-order valence-electron chi connectivity index (χ1n) is 1.72. The second kappa shape index (κ2) is 6.66. The monoisotopic (exact) mass is 152 g/mol. The van der Waals surface area contributed by atoms with Crippen LogP contribution in [-0.2, 0) is 0 Å². The fourth-order valence-electron chi connectivity index (χ4n) is 0.253. The molecule has 1 rings (SSSR count). The van der Waals surface area contributed by atoms with Gasteiger partial charge in [0.2, 0.25) is 0 Å². The molecule has 0 aliphatic carbocycles. The van der Waals surface area contributed by atoms with Crippen LogP contribution in [0.5, 0.6) is 0 Å². The Morgan fingerprint density at radius 1 is 0.750 bits per heavy atom. The Labute approximate surface area is 60.1 Å². The quantitative estimate of drug-likeness (QED) is 0.561. The van der Waals surface area contributed by atoms with Crippen molar-refractivity contribution >= 4 is 24.8 Å². The molecule has 0 saturated heterocycles. The van der Waals surface area contributed by atoms with Crippen LogP contribution in [0.4, 0.5) is 0 Å². The van der Waals surface area contributed by atoms with E-state index >= 15 is 0 Å². The summed E-state index contributed by atoms with van der Waals surface area (Å²) in [7, 11) is 0. The van der Waals surface area contributed by atoms with Gasteiger partial charge in [0.25, 0.3) is 0 Å². The molecule has 8 heavy (non-hydrogen) atoms. The van der Waals surface area contributed by atoms with Crippen molar-refractivity contribution < 1.29 is 0 Å². The van der Waals surface area contributed by atoms with Crippen LogP contribution in [-0.4, -0.2) is 10.2 Å². The Kier molecular flexibility index (Phi) is 8.83. The molecule has 0 aliphatic heterocycles. The Balaban J connectivity index is 0. The van der Waals surface area contributed by atoms with E-state index in [4.69, 9.17) is 0 Å². The third-order valence-electron chi connectivity index (χ3n) is 0.483. The lowest BCUT2D eigenvalue weighted by atomic mass is 10.6. The predicted molar refractivity (Wildman–Crippen MR) is 36.5 cm³/mol. The van der Waals surface area contributed by atoms with E-state index in [9.17, 15) is 0 Å². The topological polar surface area (TPSA) is 25.8 Å². The van der Waals surface area contributed by atoms with Crippen LogP contribution in [0.2, 0.25) is 0 Å². The summed E-state index contributed by atoms with van der Waals surface area (Å²) < 4.78 is 0. The second-order valence-corrected chi connectivity index (χ2v) is 0.914. The van der Waals surface area contributed by atoms with Gasteiger partial charge in [-0.3, -0.25) is 0 Å². The summed E-state index contributed by atoms with van der Waals surface area (Å²) >= 11 is 0. The molecule has 0 atom stereocenters. The highest BCUT2D eigenvalue weighted by Crippen LogP contribution is 1.68. The Morgan fingerprint density at radius 2 is 1.12 bits per heavy atom. The lowest BCUT2D eigenvalue weighted by Gasteiger charge is -1.69. The average Bonchev–Trinajstić information content (AvgIpc) is 1.72. The van der Waals surface area contributed by atoms with Crippen LogP contribution in [0.15, 0.2) is 24.5 Å². The molecule has 0 saturated carbocycles. The van der Waals surface area contributed by atoms with E-state index in [1.807, 2.05) is 12.1 Å². The van der Waals surface area contributed by atoms with Gasteiger partial charge in [-0.05, 0) is 12.1 Å². The Bertz CT molecular complexity index is 84.0. The van der Waals surface area contributed by atoms with E-state index in [-0.39, 0.29) is 24.8 Å². The molecule has 0 fully saturated rings. The van der Waals surface area contributed by atoms with Crippen LogP contribution in [0.25, 0.3) is 0 Å². The van der Waals surface area contributed by atoms with Crippen molar-refractivity contribution in [2.75, 3.05) is 0 Å². The van der Waals surface area contributed by atoms with Crippen molar-refractivity contribution in [3.05, 3.63) is 24.5 Å². The van der Waals surface area contributed by atoms with Crippen LogP contribution in [0.1, 0.15) is 0 Å². The number of aromatic nitrogens is 2. The number of halogens is 2. The molecule has 0 spiro atoms. The summed E-state index contributed by atoms with van der Waals surface area (Å²) in [6.07, 6.45) is 3.28. The lowest BCUT2D eigenvalue weighted by molar-refractivity contribution is 1.03. The minimum absolute atomic E-state index is 0. The van der Waals surface area contributed by atoms with Crippen LogP contribution >= 0.6 is 24.8 Å². The number of rotatable bonds is 0. The highest BCUT2D eigenvalue weighted by molar-refractivity contribution is 5.85. The molecule has 46 valence electrons. The van der Waals surface area contributed by atoms with E-state index in [1.54, 1.807) is 12.4 Å². The maximum atomic E-state index is 3.53. The minimum atomic E-state index is 0. The first kappa shape index (κ1) is 10.6. The molecule has 0 aliphatic rings. The van der Waals surface area contributed by atoms with Gasteiger partial charge in [0.1, 0.15) is 0 Å². The molecule has 0 radical (unpaired) electrons. The normalized spacial score (nSPS) is 6.00. The van der Waals surface area contributed by atoms with E-state index in [2.05, 4.69) is 10.2 Å². The van der Waals surface area contributed by atoms with Crippen molar-refractivity contribution in [3.63, 3.8) is 0 Å². The largest absolute Gasteiger partial charge is 0.159 e. The van der Waals surface area contributed by atoms with Crippen molar-refractivity contribution in [1.82, 2.24) is 10.2 Å². The number of nitrogens with zero attached hydrogens (tertiary/aromatic N) is 2.